The molecule has 0 saturated heterocycles. The van der Waals surface area contributed by atoms with Crippen molar-refractivity contribution in [2.24, 2.45) is 0 Å². The Morgan fingerprint density at radius 2 is 2.10 bits per heavy atom. The number of hydrogen-bond donors (Lipinski definition) is 1. The lowest BCUT2D eigenvalue weighted by atomic mass is 10.2. The average Bonchev–Trinajstić information content (AvgIpc) is 2.52. The first-order valence-electron chi connectivity index (χ1n) is 6.25. The van der Waals surface area contributed by atoms with Gasteiger partial charge in [-0.15, -0.1) is 0 Å². The van der Waals surface area contributed by atoms with Gasteiger partial charge in [-0.25, -0.2) is 4.98 Å². The smallest absolute Gasteiger partial charge is 0.254 e. The highest BCUT2D eigenvalue weighted by Gasteiger charge is 2.11. The van der Waals surface area contributed by atoms with E-state index in [-0.39, 0.29) is 5.91 Å². The van der Waals surface area contributed by atoms with Crippen molar-refractivity contribution in [3.63, 3.8) is 0 Å². The Labute approximate surface area is 131 Å². The van der Waals surface area contributed by atoms with Crippen molar-refractivity contribution in [3.05, 3.63) is 52.3 Å². The average molecular weight is 351 g/mol. The molecule has 1 N–H and O–H groups in total. The van der Waals surface area contributed by atoms with Crippen LogP contribution in [0, 0.1) is 0 Å². The third-order valence-corrected chi connectivity index (χ3v) is 3.57. The lowest BCUT2D eigenvalue weighted by Crippen LogP contribution is -2.23. The summed E-state index contributed by atoms with van der Waals surface area (Å²) in [6, 6.07) is 8.88. The van der Waals surface area contributed by atoms with E-state index in [0.29, 0.717) is 28.2 Å². The first-order chi connectivity index (χ1) is 10.2. The molecule has 21 heavy (non-hydrogen) atoms. The number of benzene rings is 1. The van der Waals surface area contributed by atoms with Crippen molar-refractivity contribution in [3.8, 4) is 11.5 Å². The lowest BCUT2D eigenvalue weighted by Gasteiger charge is -2.11. The fourth-order valence-electron chi connectivity index (χ4n) is 1.82. The number of amides is 1. The number of rotatable bonds is 5. The van der Waals surface area contributed by atoms with E-state index in [4.69, 9.17) is 9.47 Å². The maximum absolute atomic E-state index is 12.1. The second kappa shape index (κ2) is 7.08. The maximum atomic E-state index is 12.1. The number of aromatic nitrogens is 1. The van der Waals surface area contributed by atoms with Crippen LogP contribution in [-0.4, -0.2) is 25.1 Å². The molecule has 1 aromatic carbocycles. The molecule has 0 fully saturated rings. The molecule has 1 amide bonds. The highest BCUT2D eigenvalue weighted by molar-refractivity contribution is 9.10. The standard InChI is InChI=1S/C15H15BrN2O3/c1-20-11-6-5-10(13(8-11)21-2)9-18-15(19)12-4-3-7-17-14(12)16/h3-8H,9H2,1-2H3,(H,18,19). The third kappa shape index (κ3) is 3.72. The molecule has 5 nitrogen and oxygen atoms in total. The second-order valence-corrected chi connectivity index (χ2v) is 4.95. The van der Waals surface area contributed by atoms with Crippen LogP contribution in [0.15, 0.2) is 41.1 Å². The number of nitrogens with zero attached hydrogens (tertiary/aromatic N) is 1. The molecule has 0 aliphatic rings. The SMILES string of the molecule is COc1ccc(CNC(=O)c2cccnc2Br)c(OC)c1. The zero-order chi connectivity index (χ0) is 15.2. The van der Waals surface area contributed by atoms with Gasteiger partial charge in [-0.05, 0) is 40.2 Å². The summed E-state index contributed by atoms with van der Waals surface area (Å²) in [4.78, 5) is 16.1. The fraction of sp³-hybridized carbons (Fsp3) is 0.200. The highest BCUT2D eigenvalue weighted by Crippen LogP contribution is 2.24. The summed E-state index contributed by atoms with van der Waals surface area (Å²) in [6.45, 7) is 0.354. The van der Waals surface area contributed by atoms with Gasteiger partial charge in [0.25, 0.3) is 5.91 Å². The summed E-state index contributed by atoms with van der Waals surface area (Å²) in [5.41, 5.74) is 1.36. The Balaban J connectivity index is 2.10. The molecule has 0 aliphatic heterocycles. The van der Waals surface area contributed by atoms with Crippen molar-refractivity contribution < 1.29 is 14.3 Å². The number of ether oxygens (including phenoxy) is 2. The molecule has 0 unspecified atom stereocenters. The Kier molecular flexibility index (Phi) is 5.16. The van der Waals surface area contributed by atoms with Gasteiger partial charge >= 0.3 is 0 Å². The van der Waals surface area contributed by atoms with E-state index >= 15 is 0 Å². The van der Waals surface area contributed by atoms with Gasteiger partial charge in [-0.2, -0.15) is 0 Å². The monoisotopic (exact) mass is 350 g/mol. The van der Waals surface area contributed by atoms with E-state index < -0.39 is 0 Å². The minimum absolute atomic E-state index is 0.201. The van der Waals surface area contributed by atoms with Crippen LogP contribution >= 0.6 is 15.9 Å². The second-order valence-electron chi connectivity index (χ2n) is 4.20. The van der Waals surface area contributed by atoms with E-state index in [1.807, 2.05) is 12.1 Å². The molecule has 0 atom stereocenters. The van der Waals surface area contributed by atoms with Crippen LogP contribution in [0.2, 0.25) is 0 Å². The lowest BCUT2D eigenvalue weighted by molar-refractivity contribution is 0.0949. The van der Waals surface area contributed by atoms with Gasteiger partial charge in [-0.3, -0.25) is 4.79 Å². The normalized spacial score (nSPS) is 10.0. The van der Waals surface area contributed by atoms with Crippen LogP contribution in [0.25, 0.3) is 0 Å². The van der Waals surface area contributed by atoms with Gasteiger partial charge in [0.1, 0.15) is 16.1 Å². The molecular formula is C15H15BrN2O3. The molecule has 1 aromatic heterocycles. The summed E-state index contributed by atoms with van der Waals surface area (Å²) < 4.78 is 11.0. The Morgan fingerprint density at radius 1 is 1.29 bits per heavy atom. The van der Waals surface area contributed by atoms with Crippen LogP contribution in [0.4, 0.5) is 0 Å². The first kappa shape index (κ1) is 15.3. The molecule has 0 bridgehead atoms. The summed E-state index contributed by atoms with van der Waals surface area (Å²) in [7, 11) is 3.17. The number of nitrogens with one attached hydrogen (secondary N) is 1. The quantitative estimate of drug-likeness (QED) is 0.842. The molecule has 0 aliphatic carbocycles. The zero-order valence-corrected chi connectivity index (χ0v) is 13.3. The van der Waals surface area contributed by atoms with Crippen LogP contribution < -0.4 is 14.8 Å². The molecule has 0 spiro atoms. The molecule has 2 rings (SSSR count). The predicted octanol–water partition coefficient (Wildman–Crippen LogP) is 2.79. The van der Waals surface area contributed by atoms with Crippen LogP contribution in [0.3, 0.4) is 0 Å². The van der Waals surface area contributed by atoms with Crippen molar-refractivity contribution in [2.45, 2.75) is 6.54 Å². The molecule has 2 aromatic rings. The van der Waals surface area contributed by atoms with Crippen molar-refractivity contribution in [2.75, 3.05) is 14.2 Å². The minimum atomic E-state index is -0.201. The number of pyridine rings is 1. The van der Waals surface area contributed by atoms with E-state index in [1.165, 1.54) is 0 Å². The number of carbonyl (C=O) groups is 1. The van der Waals surface area contributed by atoms with E-state index in [0.717, 1.165) is 5.56 Å². The molecular weight excluding hydrogens is 336 g/mol. The molecule has 0 saturated carbocycles. The van der Waals surface area contributed by atoms with Crippen molar-refractivity contribution in [1.82, 2.24) is 10.3 Å². The number of hydrogen-bond acceptors (Lipinski definition) is 4. The number of halogens is 1. The van der Waals surface area contributed by atoms with Gasteiger partial charge < -0.3 is 14.8 Å². The largest absolute Gasteiger partial charge is 0.497 e. The summed E-state index contributed by atoms with van der Waals surface area (Å²) in [5, 5.41) is 2.84. The van der Waals surface area contributed by atoms with Gasteiger partial charge in [0.05, 0.1) is 19.8 Å². The van der Waals surface area contributed by atoms with Crippen LogP contribution in [0.1, 0.15) is 15.9 Å². The Morgan fingerprint density at radius 3 is 2.76 bits per heavy atom. The van der Waals surface area contributed by atoms with E-state index in [1.54, 1.807) is 38.6 Å². The molecule has 110 valence electrons. The van der Waals surface area contributed by atoms with E-state index in [2.05, 4.69) is 26.2 Å². The highest BCUT2D eigenvalue weighted by atomic mass is 79.9. The predicted molar refractivity (Wildman–Crippen MR) is 82.7 cm³/mol. The Bertz CT molecular complexity index is 647. The fourth-order valence-corrected chi connectivity index (χ4v) is 2.25. The molecule has 6 heteroatoms. The van der Waals surface area contributed by atoms with Gasteiger partial charge in [0.2, 0.25) is 0 Å². The summed E-state index contributed by atoms with van der Waals surface area (Å²) in [5.74, 6) is 1.17. The van der Waals surface area contributed by atoms with Crippen LogP contribution in [0.5, 0.6) is 11.5 Å². The van der Waals surface area contributed by atoms with Crippen molar-refractivity contribution >= 4 is 21.8 Å². The van der Waals surface area contributed by atoms with Crippen molar-refractivity contribution in [1.29, 1.82) is 0 Å². The van der Waals surface area contributed by atoms with Crippen LogP contribution in [-0.2, 0) is 6.54 Å². The molecule has 1 heterocycles. The van der Waals surface area contributed by atoms with Gasteiger partial charge in [0, 0.05) is 24.4 Å². The molecule has 0 radical (unpaired) electrons. The first-order valence-corrected chi connectivity index (χ1v) is 7.04. The topological polar surface area (TPSA) is 60.5 Å². The van der Waals surface area contributed by atoms with Gasteiger partial charge in [0.15, 0.2) is 0 Å². The minimum Gasteiger partial charge on any atom is -0.497 e. The summed E-state index contributed by atoms with van der Waals surface area (Å²) in [6.07, 6.45) is 1.62. The number of methoxy groups -OCH3 is 2. The Hall–Kier alpha value is -2.08. The maximum Gasteiger partial charge on any atom is 0.254 e. The van der Waals surface area contributed by atoms with E-state index in [9.17, 15) is 4.79 Å². The zero-order valence-electron chi connectivity index (χ0n) is 11.7. The number of carbonyl (C=O) groups excluding carboxylic acids is 1. The third-order valence-electron chi connectivity index (χ3n) is 2.94. The van der Waals surface area contributed by atoms with Gasteiger partial charge in [-0.1, -0.05) is 0 Å². The summed E-state index contributed by atoms with van der Waals surface area (Å²) >= 11 is 3.26.